The molecule has 2 aliphatic heterocycles. The van der Waals surface area contributed by atoms with Crippen LogP contribution in [0.4, 0.5) is 5.69 Å². The lowest BCUT2D eigenvalue weighted by Crippen LogP contribution is -2.33. The van der Waals surface area contributed by atoms with E-state index in [9.17, 15) is 4.79 Å². The third-order valence-corrected chi connectivity index (χ3v) is 5.31. The number of amides is 1. The van der Waals surface area contributed by atoms with Crippen LogP contribution in [-0.2, 0) is 4.79 Å². The number of benzene rings is 2. The molecule has 0 bridgehead atoms. The molecule has 2 aliphatic rings. The number of likely N-dealkylation sites (N-methyl/N-ethyl adjacent to an activating group) is 1. The first-order valence-electron chi connectivity index (χ1n) is 10.2. The minimum atomic E-state index is -0.156. The standard InChI is InChI=1S/C22H24N4O4S/c1-2-26-14-21(30-17-7-4-3-5-8-17)24-22(25-26)31-15-20(27)23-16-9-10-18-19(13-16)29-12-6-11-28-18/h3-5,7-10,13H,2,6,11-12,14-15H2,1H3,(H,23,27). The number of carbonyl (C=O) groups is 1. The second-order valence-corrected chi connectivity index (χ2v) is 7.78. The number of anilines is 1. The van der Waals surface area contributed by atoms with Crippen LogP contribution in [0.5, 0.6) is 17.2 Å². The number of rotatable bonds is 5. The van der Waals surface area contributed by atoms with E-state index in [-0.39, 0.29) is 11.7 Å². The summed E-state index contributed by atoms with van der Waals surface area (Å²) in [6.07, 6.45) is 0.834. The van der Waals surface area contributed by atoms with Gasteiger partial charge in [0.1, 0.15) is 12.3 Å². The van der Waals surface area contributed by atoms with Gasteiger partial charge in [0.2, 0.25) is 17.0 Å². The Hall–Kier alpha value is -3.20. The highest BCUT2D eigenvalue weighted by Gasteiger charge is 2.18. The molecule has 2 aromatic carbocycles. The van der Waals surface area contributed by atoms with Gasteiger partial charge in [-0.05, 0) is 31.2 Å². The van der Waals surface area contributed by atoms with Crippen LogP contribution >= 0.6 is 11.8 Å². The van der Waals surface area contributed by atoms with Gasteiger partial charge in [-0.1, -0.05) is 30.0 Å². The summed E-state index contributed by atoms with van der Waals surface area (Å²) in [4.78, 5) is 16.9. The second kappa shape index (κ2) is 10.2. The van der Waals surface area contributed by atoms with Crippen LogP contribution in [0, 0.1) is 0 Å². The van der Waals surface area contributed by atoms with Crippen LogP contribution in [0.1, 0.15) is 13.3 Å². The minimum absolute atomic E-state index is 0.156. The summed E-state index contributed by atoms with van der Waals surface area (Å²) in [6.45, 7) is 4.43. The highest BCUT2D eigenvalue weighted by Crippen LogP contribution is 2.32. The van der Waals surface area contributed by atoms with E-state index in [4.69, 9.17) is 14.2 Å². The van der Waals surface area contributed by atoms with Crippen LogP contribution in [0.3, 0.4) is 0 Å². The van der Waals surface area contributed by atoms with Crippen molar-refractivity contribution in [2.45, 2.75) is 13.3 Å². The smallest absolute Gasteiger partial charge is 0.234 e. The number of carbonyl (C=O) groups excluding carboxylic acids is 1. The molecule has 1 N–H and O–H groups in total. The number of hydrazone groups is 1. The van der Waals surface area contributed by atoms with Crippen molar-refractivity contribution in [2.24, 2.45) is 10.1 Å². The van der Waals surface area contributed by atoms with Crippen molar-refractivity contribution in [1.82, 2.24) is 5.01 Å². The second-order valence-electron chi connectivity index (χ2n) is 6.83. The van der Waals surface area contributed by atoms with Crippen molar-refractivity contribution in [1.29, 1.82) is 0 Å². The predicted octanol–water partition coefficient (Wildman–Crippen LogP) is 3.60. The Bertz CT molecular complexity index is 981. The predicted molar refractivity (Wildman–Crippen MR) is 122 cm³/mol. The van der Waals surface area contributed by atoms with E-state index in [0.717, 1.165) is 12.2 Å². The summed E-state index contributed by atoms with van der Waals surface area (Å²) in [5.41, 5.74) is 0.659. The van der Waals surface area contributed by atoms with E-state index in [1.165, 1.54) is 11.8 Å². The monoisotopic (exact) mass is 440 g/mol. The fraction of sp³-hybridized carbons (Fsp3) is 0.318. The first-order valence-corrected chi connectivity index (χ1v) is 11.1. The zero-order chi connectivity index (χ0) is 21.5. The van der Waals surface area contributed by atoms with Crippen molar-refractivity contribution in [3.05, 3.63) is 48.5 Å². The quantitative estimate of drug-likeness (QED) is 0.765. The number of hydrogen-bond donors (Lipinski definition) is 1. The molecule has 8 nitrogen and oxygen atoms in total. The Morgan fingerprint density at radius 2 is 1.97 bits per heavy atom. The average molecular weight is 441 g/mol. The molecular formula is C22H24N4O4S. The third-order valence-electron chi connectivity index (χ3n) is 4.47. The molecule has 0 saturated heterocycles. The Balaban J connectivity index is 1.35. The van der Waals surface area contributed by atoms with Gasteiger partial charge in [-0.15, -0.1) is 5.10 Å². The number of fused-ring (bicyclic) bond motifs is 1. The van der Waals surface area contributed by atoms with Crippen molar-refractivity contribution in [3.63, 3.8) is 0 Å². The Morgan fingerprint density at radius 3 is 2.77 bits per heavy atom. The van der Waals surface area contributed by atoms with Crippen LogP contribution in [0.25, 0.3) is 0 Å². The third kappa shape index (κ3) is 5.91. The van der Waals surface area contributed by atoms with Gasteiger partial charge in [-0.25, -0.2) is 0 Å². The van der Waals surface area contributed by atoms with Crippen molar-refractivity contribution >= 4 is 34.4 Å². The highest BCUT2D eigenvalue weighted by atomic mass is 32.2. The van der Waals surface area contributed by atoms with Crippen LogP contribution in [0.15, 0.2) is 58.6 Å². The summed E-state index contributed by atoms with van der Waals surface area (Å²) in [5.74, 6) is 2.63. The van der Waals surface area contributed by atoms with E-state index in [1.807, 2.05) is 48.3 Å². The lowest BCUT2D eigenvalue weighted by atomic mass is 10.2. The molecule has 0 radical (unpaired) electrons. The Kier molecular flexibility index (Phi) is 6.93. The Labute approximate surface area is 185 Å². The fourth-order valence-corrected chi connectivity index (χ4v) is 3.64. The van der Waals surface area contributed by atoms with Gasteiger partial charge in [-0.2, -0.15) is 4.99 Å². The van der Waals surface area contributed by atoms with Crippen molar-refractivity contribution < 1.29 is 19.0 Å². The lowest BCUT2D eigenvalue weighted by Gasteiger charge is -2.23. The van der Waals surface area contributed by atoms with Crippen LogP contribution < -0.4 is 19.5 Å². The summed E-state index contributed by atoms with van der Waals surface area (Å²) in [5, 5.41) is 9.70. The maximum absolute atomic E-state index is 12.5. The lowest BCUT2D eigenvalue weighted by molar-refractivity contribution is -0.113. The number of nitrogens with zero attached hydrogens (tertiary/aromatic N) is 3. The molecule has 31 heavy (non-hydrogen) atoms. The molecule has 2 aromatic rings. The van der Waals surface area contributed by atoms with Crippen LogP contribution in [0.2, 0.25) is 0 Å². The van der Waals surface area contributed by atoms with E-state index >= 15 is 0 Å². The molecule has 9 heteroatoms. The molecule has 0 atom stereocenters. The number of nitrogens with one attached hydrogen (secondary N) is 1. The van der Waals surface area contributed by atoms with Gasteiger partial charge in [0.15, 0.2) is 11.5 Å². The van der Waals surface area contributed by atoms with Gasteiger partial charge < -0.3 is 19.5 Å². The minimum Gasteiger partial charge on any atom is -0.490 e. The highest BCUT2D eigenvalue weighted by molar-refractivity contribution is 8.14. The van der Waals surface area contributed by atoms with E-state index in [1.54, 1.807) is 12.1 Å². The first kappa shape index (κ1) is 21.0. The molecule has 0 aromatic heterocycles. The molecule has 0 spiro atoms. The maximum Gasteiger partial charge on any atom is 0.234 e. The van der Waals surface area contributed by atoms with Crippen molar-refractivity contribution in [2.75, 3.05) is 37.4 Å². The molecule has 0 saturated carbocycles. The number of para-hydroxylation sites is 1. The fourth-order valence-electron chi connectivity index (χ4n) is 2.97. The first-order chi connectivity index (χ1) is 15.2. The summed E-state index contributed by atoms with van der Waals surface area (Å²) in [6, 6.07) is 14.9. The van der Waals surface area contributed by atoms with Gasteiger partial charge in [0.05, 0.1) is 19.0 Å². The van der Waals surface area contributed by atoms with Gasteiger partial charge >= 0.3 is 0 Å². The number of amidine groups is 1. The zero-order valence-corrected chi connectivity index (χ0v) is 18.1. The normalized spacial score (nSPS) is 15.5. The van der Waals surface area contributed by atoms with Crippen LogP contribution in [-0.4, -0.2) is 54.0 Å². The molecule has 0 aliphatic carbocycles. The van der Waals surface area contributed by atoms with E-state index < -0.39 is 0 Å². The average Bonchev–Trinajstić information content (AvgIpc) is 3.03. The largest absolute Gasteiger partial charge is 0.490 e. The number of thioether (sulfide) groups is 1. The molecule has 0 fully saturated rings. The molecule has 0 unspecified atom stereocenters. The molecule has 4 rings (SSSR count). The number of aliphatic imine (C=N–C) groups is 1. The summed E-state index contributed by atoms with van der Waals surface area (Å²) in [7, 11) is 0. The van der Waals surface area contributed by atoms with Gasteiger partial charge in [-0.3, -0.25) is 9.80 Å². The molecular weight excluding hydrogens is 416 g/mol. The number of ether oxygens (including phenoxy) is 3. The molecule has 162 valence electrons. The summed E-state index contributed by atoms with van der Waals surface area (Å²) >= 11 is 1.26. The number of hydrogen-bond acceptors (Lipinski definition) is 8. The van der Waals surface area contributed by atoms with Crippen molar-refractivity contribution in [3.8, 4) is 17.2 Å². The molecule has 1 amide bonds. The maximum atomic E-state index is 12.5. The van der Waals surface area contributed by atoms with E-state index in [0.29, 0.717) is 54.6 Å². The van der Waals surface area contributed by atoms with Gasteiger partial charge in [0, 0.05) is 24.7 Å². The SMILES string of the molecule is CCN1CC(Oc2ccccc2)=NC(SCC(=O)Nc2ccc3c(c2)OCCCO3)=N1. The summed E-state index contributed by atoms with van der Waals surface area (Å²) < 4.78 is 17.2. The Morgan fingerprint density at radius 1 is 1.16 bits per heavy atom. The van der Waals surface area contributed by atoms with E-state index in [2.05, 4.69) is 15.4 Å². The zero-order valence-electron chi connectivity index (χ0n) is 17.2. The molecule has 2 heterocycles. The topological polar surface area (TPSA) is 84.8 Å². The van der Waals surface area contributed by atoms with Gasteiger partial charge in [0.25, 0.3) is 0 Å².